The van der Waals surface area contributed by atoms with Crippen molar-refractivity contribution >= 4 is 27.6 Å². The summed E-state index contributed by atoms with van der Waals surface area (Å²) < 4.78 is 19.7. The van der Waals surface area contributed by atoms with Gasteiger partial charge < -0.3 is 14.7 Å². The number of anilines is 1. The van der Waals surface area contributed by atoms with Crippen molar-refractivity contribution in [3.05, 3.63) is 28.0 Å². The van der Waals surface area contributed by atoms with Gasteiger partial charge in [-0.25, -0.2) is 9.18 Å². The summed E-state index contributed by atoms with van der Waals surface area (Å²) in [6.45, 7) is 3.74. The minimum Gasteiger partial charge on any atom is -0.478 e. The molecule has 0 bridgehead atoms. The zero-order valence-electron chi connectivity index (χ0n) is 10.5. The molecule has 0 saturated carbocycles. The molecule has 1 atom stereocenters. The monoisotopic (exact) mass is 331 g/mol. The Hall–Kier alpha value is -1.14. The third-order valence-electron chi connectivity index (χ3n) is 3.30. The standard InChI is InChI=1S/C13H15BrFNO3/c1-2-8-7-19-6-5-16(8)10-4-3-9(13(17)18)11(14)12(10)15/h3-4,8H,2,5-7H2,1H3,(H,17,18). The maximum absolute atomic E-state index is 14.3. The Kier molecular flexibility index (Phi) is 4.42. The topological polar surface area (TPSA) is 49.8 Å². The van der Waals surface area contributed by atoms with Crippen LogP contribution < -0.4 is 4.90 Å². The second-order valence-corrected chi connectivity index (χ2v) is 5.19. The Bertz CT molecular complexity index is 495. The first-order chi connectivity index (χ1) is 9.06. The molecule has 0 aromatic heterocycles. The molecule has 0 aliphatic carbocycles. The predicted molar refractivity (Wildman–Crippen MR) is 73.3 cm³/mol. The SMILES string of the molecule is CCC1COCCN1c1ccc(C(=O)O)c(Br)c1F. The first-order valence-electron chi connectivity index (χ1n) is 6.12. The van der Waals surface area contributed by atoms with Crippen LogP contribution in [-0.2, 0) is 4.74 Å². The molecule has 0 radical (unpaired) electrons. The average Bonchev–Trinajstić information content (AvgIpc) is 2.41. The number of rotatable bonds is 3. The van der Waals surface area contributed by atoms with Gasteiger partial charge in [-0.3, -0.25) is 0 Å². The molecule has 1 fully saturated rings. The maximum Gasteiger partial charge on any atom is 0.336 e. The van der Waals surface area contributed by atoms with Crippen LogP contribution in [0.5, 0.6) is 0 Å². The van der Waals surface area contributed by atoms with E-state index in [1.807, 2.05) is 11.8 Å². The van der Waals surface area contributed by atoms with E-state index in [2.05, 4.69) is 15.9 Å². The molecule has 1 saturated heterocycles. The van der Waals surface area contributed by atoms with Crippen LogP contribution in [0.4, 0.5) is 10.1 Å². The highest BCUT2D eigenvalue weighted by Gasteiger charge is 2.26. The van der Waals surface area contributed by atoms with Gasteiger partial charge in [-0.15, -0.1) is 0 Å². The largest absolute Gasteiger partial charge is 0.478 e. The third kappa shape index (κ3) is 2.74. The number of carboxylic acid groups (broad SMARTS) is 1. The summed E-state index contributed by atoms with van der Waals surface area (Å²) in [4.78, 5) is 12.9. The Balaban J connectivity index is 2.39. The summed E-state index contributed by atoms with van der Waals surface area (Å²) in [6, 6.07) is 3.07. The zero-order chi connectivity index (χ0) is 14.0. The van der Waals surface area contributed by atoms with Gasteiger partial charge >= 0.3 is 5.97 Å². The Morgan fingerprint density at radius 1 is 1.63 bits per heavy atom. The highest BCUT2D eigenvalue weighted by atomic mass is 79.9. The van der Waals surface area contributed by atoms with Crippen LogP contribution in [0.2, 0.25) is 0 Å². The summed E-state index contributed by atoms with van der Waals surface area (Å²) in [6.07, 6.45) is 0.845. The molecular weight excluding hydrogens is 317 g/mol. The van der Waals surface area contributed by atoms with Gasteiger partial charge in [-0.1, -0.05) is 6.92 Å². The molecule has 1 aliphatic rings. The summed E-state index contributed by atoms with van der Waals surface area (Å²) in [5, 5.41) is 8.96. The van der Waals surface area contributed by atoms with E-state index in [1.54, 1.807) is 0 Å². The smallest absolute Gasteiger partial charge is 0.336 e. The van der Waals surface area contributed by atoms with Crippen molar-refractivity contribution in [1.29, 1.82) is 0 Å². The fraction of sp³-hybridized carbons (Fsp3) is 0.462. The van der Waals surface area contributed by atoms with Gasteiger partial charge in [0.1, 0.15) is 0 Å². The molecule has 0 amide bonds. The lowest BCUT2D eigenvalue weighted by Crippen LogP contribution is -2.45. The van der Waals surface area contributed by atoms with Crippen molar-refractivity contribution in [3.8, 4) is 0 Å². The highest BCUT2D eigenvalue weighted by molar-refractivity contribution is 9.10. The summed E-state index contributed by atoms with van der Waals surface area (Å²) in [7, 11) is 0. The van der Waals surface area contributed by atoms with Crippen molar-refractivity contribution in [1.82, 2.24) is 0 Å². The number of carboxylic acids is 1. The van der Waals surface area contributed by atoms with Gasteiger partial charge in [0.2, 0.25) is 0 Å². The third-order valence-corrected chi connectivity index (χ3v) is 4.08. The van der Waals surface area contributed by atoms with Crippen LogP contribution >= 0.6 is 15.9 Å². The van der Waals surface area contributed by atoms with E-state index in [0.717, 1.165) is 6.42 Å². The number of benzene rings is 1. The molecule has 104 valence electrons. The molecule has 1 aromatic rings. The van der Waals surface area contributed by atoms with E-state index >= 15 is 0 Å². The molecule has 1 heterocycles. The lowest BCUT2D eigenvalue weighted by Gasteiger charge is -2.37. The number of hydrogen-bond donors (Lipinski definition) is 1. The molecule has 6 heteroatoms. The fourth-order valence-electron chi connectivity index (χ4n) is 2.24. The lowest BCUT2D eigenvalue weighted by atomic mass is 10.1. The number of aromatic carboxylic acids is 1. The molecule has 0 spiro atoms. The average molecular weight is 332 g/mol. The second-order valence-electron chi connectivity index (χ2n) is 4.40. The zero-order valence-corrected chi connectivity index (χ0v) is 12.1. The Morgan fingerprint density at radius 3 is 3.00 bits per heavy atom. The van der Waals surface area contributed by atoms with Crippen molar-refractivity contribution in [2.75, 3.05) is 24.7 Å². The molecule has 4 nitrogen and oxygen atoms in total. The van der Waals surface area contributed by atoms with Gasteiger partial charge in [0.05, 0.1) is 35.0 Å². The normalized spacial score (nSPS) is 19.5. The summed E-state index contributed by atoms with van der Waals surface area (Å²) in [5.41, 5.74) is 0.356. The van der Waals surface area contributed by atoms with Crippen molar-refractivity contribution in [3.63, 3.8) is 0 Å². The molecule has 1 unspecified atom stereocenters. The minimum absolute atomic E-state index is 0.00107. The van der Waals surface area contributed by atoms with Gasteiger partial charge in [0.15, 0.2) is 5.82 Å². The minimum atomic E-state index is -1.15. The summed E-state index contributed by atoms with van der Waals surface area (Å²) >= 11 is 3.03. The first kappa shape index (κ1) is 14.3. The van der Waals surface area contributed by atoms with Gasteiger partial charge in [0.25, 0.3) is 0 Å². The Morgan fingerprint density at radius 2 is 2.37 bits per heavy atom. The number of hydrogen-bond acceptors (Lipinski definition) is 3. The maximum atomic E-state index is 14.3. The number of nitrogens with zero attached hydrogens (tertiary/aromatic N) is 1. The highest BCUT2D eigenvalue weighted by Crippen LogP contribution is 2.31. The van der Waals surface area contributed by atoms with E-state index in [1.165, 1.54) is 12.1 Å². The van der Waals surface area contributed by atoms with Gasteiger partial charge in [-0.2, -0.15) is 0 Å². The van der Waals surface area contributed by atoms with Crippen LogP contribution in [0.1, 0.15) is 23.7 Å². The van der Waals surface area contributed by atoms with Crippen LogP contribution in [0.3, 0.4) is 0 Å². The number of ether oxygens (including phenoxy) is 1. The molecule has 19 heavy (non-hydrogen) atoms. The molecular formula is C13H15BrFNO3. The first-order valence-corrected chi connectivity index (χ1v) is 6.91. The van der Waals surface area contributed by atoms with Gasteiger partial charge in [0, 0.05) is 6.54 Å². The van der Waals surface area contributed by atoms with Gasteiger partial charge in [-0.05, 0) is 34.5 Å². The van der Waals surface area contributed by atoms with Crippen LogP contribution in [0.15, 0.2) is 16.6 Å². The van der Waals surface area contributed by atoms with E-state index in [0.29, 0.717) is 25.4 Å². The van der Waals surface area contributed by atoms with Crippen LogP contribution in [-0.4, -0.2) is 36.9 Å². The quantitative estimate of drug-likeness (QED) is 0.925. The number of halogens is 2. The fourth-order valence-corrected chi connectivity index (χ4v) is 2.74. The Labute approximate surface area is 119 Å². The van der Waals surface area contributed by atoms with E-state index in [-0.39, 0.29) is 16.1 Å². The van der Waals surface area contributed by atoms with Crippen molar-refractivity contribution < 1.29 is 19.0 Å². The van der Waals surface area contributed by atoms with E-state index < -0.39 is 11.8 Å². The lowest BCUT2D eigenvalue weighted by molar-refractivity contribution is 0.0695. The molecule has 2 rings (SSSR count). The second kappa shape index (κ2) is 5.88. The predicted octanol–water partition coefficient (Wildman–Crippen LogP) is 2.90. The molecule has 1 aromatic carbocycles. The van der Waals surface area contributed by atoms with Crippen LogP contribution in [0.25, 0.3) is 0 Å². The van der Waals surface area contributed by atoms with Crippen LogP contribution in [0, 0.1) is 5.82 Å². The van der Waals surface area contributed by atoms with Crippen molar-refractivity contribution in [2.45, 2.75) is 19.4 Å². The number of morpholine rings is 1. The van der Waals surface area contributed by atoms with E-state index in [9.17, 15) is 9.18 Å². The van der Waals surface area contributed by atoms with E-state index in [4.69, 9.17) is 9.84 Å². The number of carbonyl (C=O) groups is 1. The molecule has 1 aliphatic heterocycles. The van der Waals surface area contributed by atoms with Crippen molar-refractivity contribution in [2.24, 2.45) is 0 Å². The molecule has 1 N–H and O–H groups in total. The summed E-state index contributed by atoms with van der Waals surface area (Å²) in [5.74, 6) is -1.67.